The maximum Gasteiger partial charge on any atom is 0.221 e. The first kappa shape index (κ1) is 18.3. The average Bonchev–Trinajstić information content (AvgIpc) is 2.98. The van der Waals surface area contributed by atoms with Gasteiger partial charge < -0.3 is 10.1 Å². The van der Waals surface area contributed by atoms with Crippen molar-refractivity contribution in [2.75, 3.05) is 12.9 Å². The highest BCUT2D eigenvalue weighted by atomic mass is 32.2. The van der Waals surface area contributed by atoms with E-state index >= 15 is 0 Å². The van der Waals surface area contributed by atoms with Gasteiger partial charge in [0.25, 0.3) is 0 Å². The van der Waals surface area contributed by atoms with Gasteiger partial charge in [-0.05, 0) is 47.9 Å². The molecule has 2 aromatic rings. The predicted octanol–water partition coefficient (Wildman–Crippen LogP) is 1.84. The molecule has 0 aliphatic carbocycles. The van der Waals surface area contributed by atoms with E-state index in [1.165, 1.54) is 17.3 Å². The van der Waals surface area contributed by atoms with Crippen molar-refractivity contribution < 1.29 is 9.53 Å². The first-order valence-corrected chi connectivity index (χ1v) is 8.84. The predicted molar refractivity (Wildman–Crippen MR) is 93.1 cm³/mol. The number of carbonyl (C=O) groups is 1. The number of ether oxygens (including phenoxy) is 1. The van der Waals surface area contributed by atoms with Crippen molar-refractivity contribution in [3.05, 3.63) is 29.8 Å². The number of methoxy groups -OCH3 is 1. The van der Waals surface area contributed by atoms with Crippen LogP contribution < -0.4 is 10.1 Å². The van der Waals surface area contributed by atoms with E-state index in [1.54, 1.807) is 18.8 Å². The smallest absolute Gasteiger partial charge is 0.221 e. The molecule has 0 aliphatic rings. The molecule has 0 fully saturated rings. The molecule has 2 rings (SSSR count). The molecular weight excluding hydrogens is 326 g/mol. The van der Waals surface area contributed by atoms with Crippen molar-refractivity contribution in [1.82, 2.24) is 25.5 Å². The molecule has 1 N–H and O–H groups in total. The molecule has 0 bridgehead atoms. The van der Waals surface area contributed by atoms with E-state index in [4.69, 9.17) is 4.74 Å². The quantitative estimate of drug-likeness (QED) is 0.696. The van der Waals surface area contributed by atoms with Crippen LogP contribution in [0.25, 0.3) is 0 Å². The van der Waals surface area contributed by atoms with Gasteiger partial charge in [-0.15, -0.1) is 5.10 Å². The minimum Gasteiger partial charge on any atom is -0.497 e. The highest BCUT2D eigenvalue weighted by Crippen LogP contribution is 2.14. The number of aryl methyl sites for hydroxylation is 2. The monoisotopic (exact) mass is 349 g/mol. The maximum absolute atomic E-state index is 12.0. The van der Waals surface area contributed by atoms with Gasteiger partial charge in [-0.1, -0.05) is 23.9 Å². The number of tetrazole rings is 1. The average molecular weight is 349 g/mol. The summed E-state index contributed by atoms with van der Waals surface area (Å²) in [5, 5.41) is 14.9. The number of aromatic nitrogens is 4. The second-order valence-electron chi connectivity index (χ2n) is 5.54. The Morgan fingerprint density at radius 3 is 2.75 bits per heavy atom. The Kier molecular flexibility index (Phi) is 7.05. The largest absolute Gasteiger partial charge is 0.497 e. The first-order chi connectivity index (χ1) is 11.6. The summed E-state index contributed by atoms with van der Waals surface area (Å²) < 4.78 is 6.74. The molecular formula is C16H23N5O2S. The lowest BCUT2D eigenvalue weighted by atomic mass is 10.1. The molecule has 0 saturated heterocycles. The van der Waals surface area contributed by atoms with Crippen LogP contribution >= 0.6 is 11.8 Å². The Labute approximate surface area is 146 Å². The van der Waals surface area contributed by atoms with E-state index in [-0.39, 0.29) is 11.9 Å². The minimum atomic E-state index is 0.0554. The molecule has 7 nitrogen and oxygen atoms in total. The summed E-state index contributed by atoms with van der Waals surface area (Å²) in [4.78, 5) is 12.0. The first-order valence-electron chi connectivity index (χ1n) is 7.86. The van der Waals surface area contributed by atoms with E-state index in [9.17, 15) is 4.79 Å². The minimum absolute atomic E-state index is 0.0554. The Bertz CT molecular complexity index is 644. The van der Waals surface area contributed by atoms with Crippen LogP contribution in [0.2, 0.25) is 0 Å². The van der Waals surface area contributed by atoms with Crippen LogP contribution in [-0.4, -0.2) is 45.0 Å². The third kappa shape index (κ3) is 5.84. The number of carbonyl (C=O) groups excluding carboxylic acids is 1. The normalized spacial score (nSPS) is 12.0. The Balaban J connectivity index is 1.64. The summed E-state index contributed by atoms with van der Waals surface area (Å²) in [7, 11) is 3.44. The van der Waals surface area contributed by atoms with E-state index in [0.29, 0.717) is 12.2 Å². The fraction of sp³-hybridized carbons (Fsp3) is 0.500. The number of thioether (sulfide) groups is 1. The van der Waals surface area contributed by atoms with Crippen LogP contribution in [0, 0.1) is 0 Å². The molecule has 0 aliphatic heterocycles. The van der Waals surface area contributed by atoms with Crippen LogP contribution in [0.3, 0.4) is 0 Å². The molecule has 0 saturated carbocycles. The fourth-order valence-electron chi connectivity index (χ4n) is 2.17. The van der Waals surface area contributed by atoms with Gasteiger partial charge >= 0.3 is 0 Å². The van der Waals surface area contributed by atoms with Gasteiger partial charge in [-0.3, -0.25) is 4.79 Å². The van der Waals surface area contributed by atoms with Crippen molar-refractivity contribution in [2.24, 2.45) is 7.05 Å². The van der Waals surface area contributed by atoms with Gasteiger partial charge in [0.15, 0.2) is 0 Å². The van der Waals surface area contributed by atoms with Crippen LogP contribution in [-0.2, 0) is 18.3 Å². The fourth-order valence-corrected chi connectivity index (χ4v) is 2.96. The number of benzene rings is 1. The molecule has 24 heavy (non-hydrogen) atoms. The Morgan fingerprint density at radius 2 is 2.12 bits per heavy atom. The lowest BCUT2D eigenvalue weighted by Gasteiger charge is -2.14. The summed E-state index contributed by atoms with van der Waals surface area (Å²) in [6, 6.07) is 8.16. The Hall–Kier alpha value is -2.09. The third-order valence-electron chi connectivity index (χ3n) is 3.57. The highest BCUT2D eigenvalue weighted by Gasteiger charge is 2.09. The molecule has 0 radical (unpaired) electrons. The molecule has 1 heterocycles. The van der Waals surface area contributed by atoms with Gasteiger partial charge in [0.1, 0.15) is 5.75 Å². The zero-order valence-corrected chi connectivity index (χ0v) is 15.0. The van der Waals surface area contributed by atoms with Crippen molar-refractivity contribution in [2.45, 2.75) is 37.4 Å². The standard InChI is InChI=1S/C16H23N5O2S/c1-12(4-5-13-6-8-14(23-3)9-7-13)17-15(22)10-11-24-16-18-19-20-21(16)2/h6-9,12H,4-5,10-11H2,1-3H3,(H,17,22)/t12-/m0/s1. The molecule has 1 aromatic carbocycles. The lowest BCUT2D eigenvalue weighted by molar-refractivity contribution is -0.121. The summed E-state index contributed by atoms with van der Waals surface area (Å²) in [6.45, 7) is 2.03. The molecule has 130 valence electrons. The maximum atomic E-state index is 12.0. The molecule has 8 heteroatoms. The van der Waals surface area contributed by atoms with Gasteiger partial charge in [0, 0.05) is 25.3 Å². The lowest BCUT2D eigenvalue weighted by Crippen LogP contribution is -2.33. The zero-order chi connectivity index (χ0) is 17.4. The van der Waals surface area contributed by atoms with Crippen molar-refractivity contribution >= 4 is 17.7 Å². The highest BCUT2D eigenvalue weighted by molar-refractivity contribution is 7.99. The second kappa shape index (κ2) is 9.27. The summed E-state index contributed by atoms with van der Waals surface area (Å²) in [6.07, 6.45) is 2.27. The molecule has 0 spiro atoms. The number of hydrogen-bond donors (Lipinski definition) is 1. The SMILES string of the molecule is COc1ccc(CC[C@H](C)NC(=O)CCSc2nnnn2C)cc1. The van der Waals surface area contributed by atoms with Crippen molar-refractivity contribution in [3.8, 4) is 5.75 Å². The topological polar surface area (TPSA) is 81.9 Å². The second-order valence-corrected chi connectivity index (χ2v) is 6.60. The van der Waals surface area contributed by atoms with Gasteiger partial charge in [0.05, 0.1) is 7.11 Å². The van der Waals surface area contributed by atoms with Crippen LogP contribution in [0.1, 0.15) is 25.3 Å². The number of rotatable bonds is 9. The van der Waals surface area contributed by atoms with E-state index in [1.807, 2.05) is 19.1 Å². The van der Waals surface area contributed by atoms with Crippen LogP contribution in [0.4, 0.5) is 0 Å². The van der Waals surface area contributed by atoms with E-state index in [0.717, 1.165) is 23.7 Å². The van der Waals surface area contributed by atoms with Crippen LogP contribution in [0.15, 0.2) is 29.4 Å². The Morgan fingerprint density at radius 1 is 1.38 bits per heavy atom. The summed E-state index contributed by atoms with van der Waals surface area (Å²) in [5.41, 5.74) is 1.24. The van der Waals surface area contributed by atoms with Gasteiger partial charge in [-0.25, -0.2) is 4.68 Å². The zero-order valence-electron chi connectivity index (χ0n) is 14.2. The van der Waals surface area contributed by atoms with Crippen molar-refractivity contribution in [1.29, 1.82) is 0 Å². The number of nitrogens with one attached hydrogen (secondary N) is 1. The molecule has 0 unspecified atom stereocenters. The molecule has 1 atom stereocenters. The van der Waals surface area contributed by atoms with E-state index in [2.05, 4.69) is 33.0 Å². The summed E-state index contributed by atoms with van der Waals surface area (Å²) >= 11 is 1.48. The van der Waals surface area contributed by atoms with Crippen LogP contribution in [0.5, 0.6) is 5.75 Å². The third-order valence-corrected chi connectivity index (χ3v) is 4.59. The molecule has 1 amide bonds. The van der Waals surface area contributed by atoms with Gasteiger partial charge in [0.2, 0.25) is 11.1 Å². The van der Waals surface area contributed by atoms with Crippen molar-refractivity contribution in [3.63, 3.8) is 0 Å². The number of nitrogens with zero attached hydrogens (tertiary/aromatic N) is 4. The number of hydrogen-bond acceptors (Lipinski definition) is 6. The summed E-state index contributed by atoms with van der Waals surface area (Å²) in [5.74, 6) is 1.57. The van der Waals surface area contributed by atoms with E-state index < -0.39 is 0 Å². The molecule has 1 aromatic heterocycles. The van der Waals surface area contributed by atoms with Gasteiger partial charge in [-0.2, -0.15) is 0 Å². The number of amides is 1.